The Hall–Kier alpha value is -4.20. The first-order valence-corrected chi connectivity index (χ1v) is 13.5. The number of para-hydroxylation sites is 1. The van der Waals surface area contributed by atoms with Gasteiger partial charge in [-0.05, 0) is 80.3 Å². The molecular weight excluding hydrogens is 524 g/mol. The number of fused-ring (bicyclic) bond motifs is 2. The van der Waals surface area contributed by atoms with E-state index in [9.17, 15) is 9.59 Å². The van der Waals surface area contributed by atoms with Crippen LogP contribution in [0.1, 0.15) is 18.8 Å². The molecule has 0 aliphatic carbocycles. The van der Waals surface area contributed by atoms with Gasteiger partial charge in [-0.3, -0.25) is 14.2 Å². The number of carbonyl (C=O) groups is 1. The van der Waals surface area contributed by atoms with Crippen molar-refractivity contribution < 1.29 is 9.53 Å². The Morgan fingerprint density at radius 1 is 0.925 bits per heavy atom. The van der Waals surface area contributed by atoms with E-state index in [4.69, 9.17) is 21.3 Å². The Morgan fingerprint density at radius 2 is 1.62 bits per heavy atom. The van der Waals surface area contributed by atoms with Gasteiger partial charge in [-0.15, -0.1) is 0 Å². The highest BCUT2D eigenvalue weighted by Gasteiger charge is 2.27. The highest BCUT2D eigenvalue weighted by Crippen LogP contribution is 2.25. The molecule has 1 heterocycles. The van der Waals surface area contributed by atoms with Gasteiger partial charge in [0.15, 0.2) is 6.61 Å². The van der Waals surface area contributed by atoms with Crippen LogP contribution in [0.2, 0.25) is 5.02 Å². The van der Waals surface area contributed by atoms with Crippen molar-refractivity contribution in [3.8, 4) is 11.4 Å². The molecule has 4 aromatic carbocycles. The molecular formula is C32H31ClN4O3. The van der Waals surface area contributed by atoms with E-state index in [1.165, 1.54) is 0 Å². The van der Waals surface area contributed by atoms with E-state index in [2.05, 4.69) is 0 Å². The van der Waals surface area contributed by atoms with Crippen molar-refractivity contribution in [1.82, 2.24) is 19.4 Å². The second kappa shape index (κ2) is 11.9. The minimum Gasteiger partial charge on any atom is -0.484 e. The number of hydrogen-bond acceptors (Lipinski definition) is 5. The third kappa shape index (κ3) is 5.86. The molecule has 0 spiro atoms. The summed E-state index contributed by atoms with van der Waals surface area (Å²) in [6, 6.07) is 27.6. The van der Waals surface area contributed by atoms with Gasteiger partial charge in [0.25, 0.3) is 11.5 Å². The van der Waals surface area contributed by atoms with Crippen molar-refractivity contribution >= 4 is 39.2 Å². The standard InChI is InChI=1S/C32H31ClN4O3/c1-22(36(19-18-35(2)3)30(38)21-40-27-16-13-25(33)14-17-27)31-34-29-11-7-6-10-28(29)32(39)37(31)26-15-12-23-8-4-5-9-24(23)20-26/h4-17,20,22H,18-19,21H2,1-3H3. The summed E-state index contributed by atoms with van der Waals surface area (Å²) in [5, 5.41) is 3.19. The van der Waals surface area contributed by atoms with Gasteiger partial charge >= 0.3 is 0 Å². The average Bonchev–Trinajstić information content (AvgIpc) is 2.96. The number of likely N-dealkylation sites (N-methyl/N-ethyl adjacent to an activating group) is 1. The van der Waals surface area contributed by atoms with Crippen LogP contribution < -0.4 is 10.3 Å². The van der Waals surface area contributed by atoms with Crippen molar-refractivity contribution in [2.24, 2.45) is 0 Å². The van der Waals surface area contributed by atoms with E-state index < -0.39 is 6.04 Å². The van der Waals surface area contributed by atoms with E-state index in [0.717, 1.165) is 10.8 Å². The molecule has 0 radical (unpaired) electrons. The topological polar surface area (TPSA) is 67.7 Å². The van der Waals surface area contributed by atoms with Crippen molar-refractivity contribution in [3.63, 3.8) is 0 Å². The van der Waals surface area contributed by atoms with Crippen LogP contribution in [0.15, 0.2) is 95.8 Å². The molecule has 0 aliphatic heterocycles. The molecule has 1 aromatic heterocycles. The smallest absolute Gasteiger partial charge is 0.266 e. The Balaban J connectivity index is 1.58. The molecule has 8 heteroatoms. The van der Waals surface area contributed by atoms with Crippen molar-refractivity contribution in [2.45, 2.75) is 13.0 Å². The summed E-state index contributed by atoms with van der Waals surface area (Å²) in [4.78, 5) is 36.3. The Morgan fingerprint density at radius 3 is 2.38 bits per heavy atom. The minimum absolute atomic E-state index is 0.160. The molecule has 40 heavy (non-hydrogen) atoms. The fourth-order valence-electron chi connectivity index (χ4n) is 4.74. The second-order valence-electron chi connectivity index (χ2n) is 9.97. The SMILES string of the molecule is CC(c1nc2ccccc2c(=O)n1-c1ccc2ccccc2c1)N(CCN(C)C)C(=O)COc1ccc(Cl)cc1. The number of benzene rings is 4. The van der Waals surface area contributed by atoms with E-state index in [1.54, 1.807) is 39.8 Å². The van der Waals surface area contributed by atoms with Gasteiger partial charge in [-0.1, -0.05) is 54.1 Å². The van der Waals surface area contributed by atoms with Crippen molar-refractivity contribution in [2.75, 3.05) is 33.8 Å². The molecule has 5 rings (SSSR count). The lowest BCUT2D eigenvalue weighted by atomic mass is 10.1. The lowest BCUT2D eigenvalue weighted by Gasteiger charge is -2.31. The molecule has 1 atom stereocenters. The maximum atomic E-state index is 14.0. The number of halogens is 1. The number of carbonyl (C=O) groups excluding carboxylic acids is 1. The maximum Gasteiger partial charge on any atom is 0.266 e. The lowest BCUT2D eigenvalue weighted by Crippen LogP contribution is -2.43. The fourth-order valence-corrected chi connectivity index (χ4v) is 4.86. The van der Waals surface area contributed by atoms with Crippen LogP contribution >= 0.6 is 11.6 Å². The fraction of sp³-hybridized carbons (Fsp3) is 0.219. The number of nitrogens with zero attached hydrogens (tertiary/aromatic N) is 4. The summed E-state index contributed by atoms with van der Waals surface area (Å²) in [6.45, 7) is 2.80. The second-order valence-corrected chi connectivity index (χ2v) is 10.4. The molecule has 7 nitrogen and oxygen atoms in total. The minimum atomic E-state index is -0.523. The number of aromatic nitrogens is 2. The monoisotopic (exact) mass is 554 g/mol. The Kier molecular flexibility index (Phi) is 8.14. The van der Waals surface area contributed by atoms with E-state index in [1.807, 2.05) is 86.6 Å². The van der Waals surface area contributed by atoms with E-state index in [0.29, 0.717) is 46.3 Å². The van der Waals surface area contributed by atoms with Gasteiger partial charge < -0.3 is 14.5 Å². The average molecular weight is 555 g/mol. The zero-order valence-electron chi connectivity index (χ0n) is 22.8. The zero-order valence-corrected chi connectivity index (χ0v) is 23.5. The first-order valence-electron chi connectivity index (χ1n) is 13.2. The van der Waals surface area contributed by atoms with Gasteiger partial charge in [0.1, 0.15) is 11.6 Å². The normalized spacial score (nSPS) is 12.1. The van der Waals surface area contributed by atoms with Gasteiger partial charge in [-0.2, -0.15) is 0 Å². The van der Waals surface area contributed by atoms with Crippen LogP contribution in [0.25, 0.3) is 27.4 Å². The first-order chi connectivity index (χ1) is 19.3. The Labute approximate surface area is 238 Å². The van der Waals surface area contributed by atoms with Crippen molar-refractivity contribution in [3.05, 3.63) is 112 Å². The Bertz CT molecular complexity index is 1720. The van der Waals surface area contributed by atoms with Crippen LogP contribution in [0.5, 0.6) is 5.75 Å². The number of amides is 1. The summed E-state index contributed by atoms with van der Waals surface area (Å²) >= 11 is 5.99. The summed E-state index contributed by atoms with van der Waals surface area (Å²) < 4.78 is 7.44. The van der Waals surface area contributed by atoms with Crippen LogP contribution in [0.4, 0.5) is 0 Å². The summed E-state index contributed by atoms with van der Waals surface area (Å²) in [5.41, 5.74) is 1.10. The number of ether oxygens (including phenoxy) is 1. The molecule has 0 N–H and O–H groups in total. The van der Waals surface area contributed by atoms with E-state index >= 15 is 0 Å². The molecule has 0 fully saturated rings. The van der Waals surface area contributed by atoms with Crippen LogP contribution in [0, 0.1) is 0 Å². The molecule has 5 aromatic rings. The quantitative estimate of drug-likeness (QED) is 0.233. The highest BCUT2D eigenvalue weighted by molar-refractivity contribution is 6.30. The number of hydrogen-bond donors (Lipinski definition) is 0. The van der Waals surface area contributed by atoms with E-state index in [-0.39, 0.29) is 18.1 Å². The van der Waals surface area contributed by atoms with Gasteiger partial charge in [-0.25, -0.2) is 4.98 Å². The van der Waals surface area contributed by atoms with Gasteiger partial charge in [0.05, 0.1) is 22.6 Å². The molecule has 1 unspecified atom stereocenters. The maximum absolute atomic E-state index is 14.0. The molecule has 0 aliphatic rings. The third-order valence-electron chi connectivity index (χ3n) is 6.92. The molecule has 0 saturated heterocycles. The lowest BCUT2D eigenvalue weighted by molar-refractivity contribution is -0.136. The predicted molar refractivity (Wildman–Crippen MR) is 160 cm³/mol. The molecule has 204 valence electrons. The van der Waals surface area contributed by atoms with Gasteiger partial charge in [0, 0.05) is 18.1 Å². The largest absolute Gasteiger partial charge is 0.484 e. The van der Waals surface area contributed by atoms with Crippen LogP contribution in [-0.4, -0.2) is 59.0 Å². The molecule has 0 saturated carbocycles. The predicted octanol–water partition coefficient (Wildman–Crippen LogP) is 5.72. The third-order valence-corrected chi connectivity index (χ3v) is 7.17. The zero-order chi connectivity index (χ0) is 28.2. The molecule has 1 amide bonds. The van der Waals surface area contributed by atoms with Gasteiger partial charge in [0.2, 0.25) is 0 Å². The van der Waals surface area contributed by atoms with Crippen molar-refractivity contribution in [1.29, 1.82) is 0 Å². The van der Waals surface area contributed by atoms with Crippen LogP contribution in [0.3, 0.4) is 0 Å². The summed E-state index contributed by atoms with van der Waals surface area (Å²) in [7, 11) is 3.91. The molecule has 0 bridgehead atoms. The summed E-state index contributed by atoms with van der Waals surface area (Å²) in [5.74, 6) is 0.823. The highest BCUT2D eigenvalue weighted by atomic mass is 35.5. The number of rotatable bonds is 9. The summed E-state index contributed by atoms with van der Waals surface area (Å²) in [6.07, 6.45) is 0. The first kappa shape index (κ1) is 27.4. The van der Waals surface area contributed by atoms with Crippen LogP contribution in [-0.2, 0) is 4.79 Å².